The lowest BCUT2D eigenvalue weighted by Crippen LogP contribution is -2.19. The Bertz CT molecular complexity index is 758. The van der Waals surface area contributed by atoms with Crippen molar-refractivity contribution in [2.24, 2.45) is 0 Å². The van der Waals surface area contributed by atoms with Crippen LogP contribution in [0.2, 0.25) is 0 Å². The Morgan fingerprint density at radius 1 is 1.24 bits per heavy atom. The summed E-state index contributed by atoms with van der Waals surface area (Å²) in [4.78, 5) is 20.8. The summed E-state index contributed by atoms with van der Waals surface area (Å²) in [7, 11) is 0. The summed E-state index contributed by atoms with van der Waals surface area (Å²) >= 11 is 2.81. The van der Waals surface area contributed by atoms with Crippen molar-refractivity contribution in [2.45, 2.75) is 16.7 Å². The van der Waals surface area contributed by atoms with Gasteiger partial charge in [-0.15, -0.1) is 11.3 Å². The van der Waals surface area contributed by atoms with E-state index in [1.165, 1.54) is 29.4 Å². The van der Waals surface area contributed by atoms with E-state index >= 15 is 0 Å². The van der Waals surface area contributed by atoms with E-state index in [0.29, 0.717) is 6.42 Å². The Morgan fingerprint density at radius 2 is 2.05 bits per heavy atom. The number of rotatable bonds is 5. The fourth-order valence-electron chi connectivity index (χ4n) is 2.00. The van der Waals surface area contributed by atoms with E-state index in [0.717, 1.165) is 20.8 Å². The van der Waals surface area contributed by atoms with Crippen molar-refractivity contribution in [3.05, 3.63) is 53.7 Å². The zero-order valence-electron chi connectivity index (χ0n) is 11.0. The number of nitrogens with zero attached hydrogens (tertiary/aromatic N) is 2. The van der Waals surface area contributed by atoms with Gasteiger partial charge in [0, 0.05) is 5.39 Å². The number of fused-ring (bicyclic) bond motifs is 1. The second-order valence-corrected chi connectivity index (χ2v) is 6.54. The number of thiophene rings is 1. The fourth-order valence-corrected chi connectivity index (χ4v) is 3.85. The normalized spacial score (nSPS) is 12.4. The summed E-state index contributed by atoms with van der Waals surface area (Å²) in [5.41, 5.74) is 1.01. The molecule has 106 valence electrons. The predicted octanol–water partition coefficient (Wildman–Crippen LogP) is 3.48. The first-order valence-electron chi connectivity index (χ1n) is 6.35. The van der Waals surface area contributed by atoms with Gasteiger partial charge >= 0.3 is 5.97 Å². The molecule has 0 saturated carbocycles. The molecule has 1 unspecified atom stereocenters. The number of carboxylic acid groups (broad SMARTS) is 1. The molecule has 0 radical (unpaired) electrons. The summed E-state index contributed by atoms with van der Waals surface area (Å²) in [5, 5.41) is 12.5. The Kier molecular flexibility index (Phi) is 4.17. The van der Waals surface area contributed by atoms with Gasteiger partial charge in [0.25, 0.3) is 0 Å². The van der Waals surface area contributed by atoms with E-state index in [-0.39, 0.29) is 0 Å². The third kappa shape index (κ3) is 3.22. The molecule has 2 heterocycles. The number of carboxylic acids is 1. The Labute approximate surface area is 129 Å². The highest BCUT2D eigenvalue weighted by atomic mass is 32.2. The fraction of sp³-hybridized carbons (Fsp3) is 0.133. The molecule has 0 fully saturated rings. The lowest BCUT2D eigenvalue weighted by Gasteiger charge is -2.12. The third-order valence-corrected chi connectivity index (χ3v) is 5.04. The first kappa shape index (κ1) is 14.0. The molecule has 0 bridgehead atoms. The maximum atomic E-state index is 11.5. The van der Waals surface area contributed by atoms with Crippen molar-refractivity contribution < 1.29 is 9.90 Å². The highest BCUT2D eigenvalue weighted by Crippen LogP contribution is 2.31. The van der Waals surface area contributed by atoms with Crippen molar-refractivity contribution >= 4 is 39.3 Å². The van der Waals surface area contributed by atoms with Crippen LogP contribution < -0.4 is 0 Å². The minimum Gasteiger partial charge on any atom is -0.480 e. The van der Waals surface area contributed by atoms with Crippen molar-refractivity contribution in [1.82, 2.24) is 9.97 Å². The molecule has 0 amide bonds. The van der Waals surface area contributed by atoms with Crippen LogP contribution in [-0.2, 0) is 11.2 Å². The van der Waals surface area contributed by atoms with Gasteiger partial charge in [0.05, 0.1) is 0 Å². The minimum absolute atomic E-state index is 0.469. The molecule has 0 aliphatic carbocycles. The van der Waals surface area contributed by atoms with E-state index in [1.807, 2.05) is 41.8 Å². The van der Waals surface area contributed by atoms with Crippen LogP contribution in [0.5, 0.6) is 0 Å². The molecule has 21 heavy (non-hydrogen) atoms. The molecular formula is C15H12N2O2S2. The molecule has 1 N–H and O–H groups in total. The molecule has 2 aromatic heterocycles. The number of aliphatic carboxylic acids is 1. The highest BCUT2D eigenvalue weighted by Gasteiger charge is 2.21. The topological polar surface area (TPSA) is 63.1 Å². The first-order valence-corrected chi connectivity index (χ1v) is 8.11. The minimum atomic E-state index is -0.828. The van der Waals surface area contributed by atoms with E-state index in [2.05, 4.69) is 9.97 Å². The molecule has 4 nitrogen and oxygen atoms in total. The maximum absolute atomic E-state index is 11.5. The van der Waals surface area contributed by atoms with Gasteiger partial charge < -0.3 is 5.11 Å². The number of thioether (sulfide) groups is 1. The van der Waals surface area contributed by atoms with Gasteiger partial charge in [0.1, 0.15) is 21.4 Å². The third-order valence-electron chi connectivity index (χ3n) is 3.02. The van der Waals surface area contributed by atoms with Gasteiger partial charge in [0.15, 0.2) is 0 Å². The summed E-state index contributed by atoms with van der Waals surface area (Å²) in [5.74, 6) is -0.828. The number of carbonyl (C=O) groups is 1. The van der Waals surface area contributed by atoms with Gasteiger partial charge in [0.2, 0.25) is 0 Å². The number of aromatic nitrogens is 2. The van der Waals surface area contributed by atoms with Crippen LogP contribution in [0.25, 0.3) is 10.2 Å². The quantitative estimate of drug-likeness (QED) is 0.577. The van der Waals surface area contributed by atoms with E-state index in [9.17, 15) is 9.90 Å². The number of hydrogen-bond acceptors (Lipinski definition) is 5. The second-order valence-electron chi connectivity index (χ2n) is 4.45. The SMILES string of the molecule is O=C(O)C(Cc1ccccc1)Sc1ncnc2sccc12. The molecule has 0 aliphatic rings. The zero-order valence-corrected chi connectivity index (χ0v) is 12.6. The zero-order chi connectivity index (χ0) is 14.7. The molecule has 0 spiro atoms. The predicted molar refractivity (Wildman–Crippen MR) is 84.8 cm³/mol. The second kappa shape index (κ2) is 6.24. The van der Waals surface area contributed by atoms with E-state index in [1.54, 1.807) is 0 Å². The van der Waals surface area contributed by atoms with Gasteiger partial charge in [-0.05, 0) is 23.4 Å². The monoisotopic (exact) mass is 316 g/mol. The van der Waals surface area contributed by atoms with E-state index in [4.69, 9.17) is 0 Å². The Morgan fingerprint density at radius 3 is 2.81 bits per heavy atom. The van der Waals surface area contributed by atoms with Crippen LogP contribution in [0, 0.1) is 0 Å². The van der Waals surface area contributed by atoms with Crippen molar-refractivity contribution in [3.63, 3.8) is 0 Å². The molecule has 0 aliphatic heterocycles. The summed E-state index contributed by atoms with van der Waals surface area (Å²) in [6.07, 6.45) is 1.96. The Balaban J connectivity index is 1.85. The maximum Gasteiger partial charge on any atom is 0.317 e. The Hall–Kier alpha value is -1.92. The van der Waals surface area contributed by atoms with Crippen LogP contribution >= 0.6 is 23.1 Å². The molecule has 1 aromatic carbocycles. The smallest absolute Gasteiger partial charge is 0.317 e. The molecule has 6 heteroatoms. The highest BCUT2D eigenvalue weighted by molar-refractivity contribution is 8.00. The van der Waals surface area contributed by atoms with Crippen LogP contribution in [-0.4, -0.2) is 26.3 Å². The number of hydrogen-bond donors (Lipinski definition) is 1. The van der Waals surface area contributed by atoms with Crippen LogP contribution in [0.1, 0.15) is 5.56 Å². The number of benzene rings is 1. The van der Waals surface area contributed by atoms with Gasteiger partial charge in [-0.3, -0.25) is 4.79 Å². The molecule has 1 atom stereocenters. The van der Waals surface area contributed by atoms with Gasteiger partial charge in [-0.1, -0.05) is 42.1 Å². The van der Waals surface area contributed by atoms with Crippen LogP contribution in [0.4, 0.5) is 0 Å². The average molecular weight is 316 g/mol. The molecule has 3 rings (SSSR count). The average Bonchev–Trinajstić information content (AvgIpc) is 2.97. The lowest BCUT2D eigenvalue weighted by atomic mass is 10.1. The molecule has 0 saturated heterocycles. The first-order chi connectivity index (χ1) is 10.2. The summed E-state index contributed by atoms with van der Waals surface area (Å²) < 4.78 is 0. The van der Waals surface area contributed by atoms with Crippen LogP contribution in [0.15, 0.2) is 53.1 Å². The van der Waals surface area contributed by atoms with Crippen molar-refractivity contribution in [2.75, 3.05) is 0 Å². The summed E-state index contributed by atoms with van der Waals surface area (Å²) in [6.45, 7) is 0. The van der Waals surface area contributed by atoms with E-state index < -0.39 is 11.2 Å². The van der Waals surface area contributed by atoms with Crippen molar-refractivity contribution in [3.8, 4) is 0 Å². The lowest BCUT2D eigenvalue weighted by molar-refractivity contribution is -0.136. The standard InChI is InChI=1S/C15H12N2O2S2/c18-15(19)12(8-10-4-2-1-3-5-10)21-14-11-6-7-20-13(11)16-9-17-14/h1-7,9,12H,8H2,(H,18,19). The van der Waals surface area contributed by atoms with Crippen molar-refractivity contribution in [1.29, 1.82) is 0 Å². The molecular weight excluding hydrogens is 304 g/mol. The molecule has 3 aromatic rings. The largest absolute Gasteiger partial charge is 0.480 e. The van der Waals surface area contributed by atoms with Crippen LogP contribution in [0.3, 0.4) is 0 Å². The van der Waals surface area contributed by atoms with Gasteiger partial charge in [-0.25, -0.2) is 9.97 Å². The summed E-state index contributed by atoms with van der Waals surface area (Å²) in [6, 6.07) is 11.6. The van der Waals surface area contributed by atoms with Gasteiger partial charge in [-0.2, -0.15) is 0 Å².